The molecule has 2 N–H and O–H groups in total. The Kier molecular flexibility index (Phi) is 5.48. The summed E-state index contributed by atoms with van der Waals surface area (Å²) in [7, 11) is 0. The van der Waals surface area contributed by atoms with E-state index in [1.54, 1.807) is 6.07 Å². The number of anilines is 2. The molecule has 0 aromatic heterocycles. The Hall–Kier alpha value is -1.71. The quantitative estimate of drug-likeness (QED) is 0.817. The number of nitrogens with one attached hydrogen (secondary N) is 2. The molecule has 5 heteroatoms. The minimum Gasteiger partial charge on any atom is -0.381 e. The van der Waals surface area contributed by atoms with E-state index in [0.29, 0.717) is 23.0 Å². The van der Waals surface area contributed by atoms with Crippen LogP contribution in [0.1, 0.15) is 18.9 Å². The molecule has 0 fully saturated rings. The number of carbonyl (C=O) groups is 1. The fourth-order valence-corrected chi connectivity index (χ4v) is 2.26. The highest BCUT2D eigenvalue weighted by molar-refractivity contribution is 6.35. The Bertz CT molecular complexity index is 627. The molecule has 0 aliphatic heterocycles. The maximum absolute atomic E-state index is 11.3. The van der Waals surface area contributed by atoms with Crippen molar-refractivity contribution in [3.63, 3.8) is 0 Å². The van der Waals surface area contributed by atoms with Gasteiger partial charge in [-0.2, -0.15) is 0 Å². The maximum atomic E-state index is 11.3. The highest BCUT2D eigenvalue weighted by Crippen LogP contribution is 2.22. The van der Waals surface area contributed by atoms with Crippen molar-refractivity contribution >= 4 is 40.5 Å². The normalized spacial score (nSPS) is 10.2. The summed E-state index contributed by atoms with van der Waals surface area (Å²) in [6.45, 7) is 2.43. The molecule has 0 aliphatic carbocycles. The zero-order valence-electron chi connectivity index (χ0n) is 11.6. The van der Waals surface area contributed by atoms with Gasteiger partial charge in [0.05, 0.1) is 0 Å². The van der Waals surface area contributed by atoms with Crippen LogP contribution in [0.15, 0.2) is 42.5 Å². The summed E-state index contributed by atoms with van der Waals surface area (Å²) in [5.74, 6) is 0.00338. The molecule has 110 valence electrons. The smallest absolute Gasteiger partial charge is 0.224 e. The molecule has 0 heterocycles. The topological polar surface area (TPSA) is 41.1 Å². The monoisotopic (exact) mass is 322 g/mol. The molecule has 0 atom stereocenters. The first-order chi connectivity index (χ1) is 10.1. The Labute approximate surface area is 134 Å². The van der Waals surface area contributed by atoms with Gasteiger partial charge in [-0.25, -0.2) is 0 Å². The first-order valence-electron chi connectivity index (χ1n) is 6.66. The molecule has 2 aromatic carbocycles. The largest absolute Gasteiger partial charge is 0.381 e. The lowest BCUT2D eigenvalue weighted by atomic mass is 10.2. The van der Waals surface area contributed by atoms with Crippen LogP contribution in [-0.2, 0) is 11.3 Å². The van der Waals surface area contributed by atoms with Gasteiger partial charge in [-0.05, 0) is 42.0 Å². The van der Waals surface area contributed by atoms with E-state index in [0.717, 1.165) is 16.9 Å². The number of halogens is 2. The fraction of sp³-hybridized carbons (Fsp3) is 0.188. The second kappa shape index (κ2) is 7.34. The summed E-state index contributed by atoms with van der Waals surface area (Å²) in [6.07, 6.45) is 0.467. The Morgan fingerprint density at radius 2 is 1.71 bits per heavy atom. The number of carbonyl (C=O) groups excluding carboxylic acids is 1. The van der Waals surface area contributed by atoms with Crippen molar-refractivity contribution in [3.05, 3.63) is 58.1 Å². The predicted molar refractivity (Wildman–Crippen MR) is 89.2 cm³/mol. The summed E-state index contributed by atoms with van der Waals surface area (Å²) in [4.78, 5) is 11.3. The molecule has 1 amide bonds. The second-order valence-electron chi connectivity index (χ2n) is 4.57. The lowest BCUT2D eigenvalue weighted by Crippen LogP contribution is -2.09. The van der Waals surface area contributed by atoms with Gasteiger partial charge < -0.3 is 10.6 Å². The molecular formula is C16H16Cl2N2O. The zero-order chi connectivity index (χ0) is 15.2. The van der Waals surface area contributed by atoms with E-state index >= 15 is 0 Å². The van der Waals surface area contributed by atoms with Crippen molar-refractivity contribution in [2.24, 2.45) is 0 Å². The molecule has 0 saturated carbocycles. The van der Waals surface area contributed by atoms with Crippen LogP contribution in [0.25, 0.3) is 0 Å². The van der Waals surface area contributed by atoms with Crippen LogP contribution in [-0.4, -0.2) is 5.91 Å². The van der Waals surface area contributed by atoms with E-state index in [1.807, 2.05) is 43.3 Å². The fourth-order valence-electron chi connectivity index (χ4n) is 1.78. The maximum Gasteiger partial charge on any atom is 0.224 e. The predicted octanol–water partition coefficient (Wildman–Crippen LogP) is 4.95. The standard InChI is InChI=1S/C16H16Cl2N2O/c1-2-16(21)20-14-7-5-13(6-8-14)19-10-11-3-4-12(17)9-15(11)18/h3-9,19H,2,10H2,1H3,(H,20,21). The van der Waals surface area contributed by atoms with Crippen LogP contribution in [0, 0.1) is 0 Å². The van der Waals surface area contributed by atoms with Crippen molar-refractivity contribution in [1.82, 2.24) is 0 Å². The van der Waals surface area contributed by atoms with Gasteiger partial charge >= 0.3 is 0 Å². The lowest BCUT2D eigenvalue weighted by molar-refractivity contribution is -0.115. The molecule has 0 saturated heterocycles. The molecule has 21 heavy (non-hydrogen) atoms. The summed E-state index contributed by atoms with van der Waals surface area (Å²) in [5, 5.41) is 7.35. The number of hydrogen-bond acceptors (Lipinski definition) is 2. The number of rotatable bonds is 5. The van der Waals surface area contributed by atoms with Crippen molar-refractivity contribution < 1.29 is 4.79 Å². The average Bonchev–Trinajstić information content (AvgIpc) is 2.48. The highest BCUT2D eigenvalue weighted by Gasteiger charge is 2.02. The highest BCUT2D eigenvalue weighted by atomic mass is 35.5. The molecule has 0 bridgehead atoms. The van der Waals surface area contributed by atoms with Crippen LogP contribution in [0.4, 0.5) is 11.4 Å². The first kappa shape index (κ1) is 15.7. The van der Waals surface area contributed by atoms with Gasteiger partial charge in [0.15, 0.2) is 0 Å². The third-order valence-electron chi connectivity index (χ3n) is 2.99. The minimum absolute atomic E-state index is 0.00338. The molecule has 2 rings (SSSR count). The minimum atomic E-state index is 0.00338. The van der Waals surface area contributed by atoms with Gasteiger partial charge in [-0.15, -0.1) is 0 Å². The summed E-state index contributed by atoms with van der Waals surface area (Å²) in [6, 6.07) is 13.0. The van der Waals surface area contributed by atoms with Crippen LogP contribution in [0.3, 0.4) is 0 Å². The average molecular weight is 323 g/mol. The van der Waals surface area contributed by atoms with E-state index in [-0.39, 0.29) is 5.91 Å². The van der Waals surface area contributed by atoms with Crippen LogP contribution >= 0.6 is 23.2 Å². The van der Waals surface area contributed by atoms with Crippen molar-refractivity contribution in [2.45, 2.75) is 19.9 Å². The third-order valence-corrected chi connectivity index (χ3v) is 3.57. The number of amides is 1. The molecule has 0 radical (unpaired) electrons. The molecular weight excluding hydrogens is 307 g/mol. The van der Waals surface area contributed by atoms with E-state index in [4.69, 9.17) is 23.2 Å². The SMILES string of the molecule is CCC(=O)Nc1ccc(NCc2ccc(Cl)cc2Cl)cc1. The summed E-state index contributed by atoms with van der Waals surface area (Å²) in [5.41, 5.74) is 2.72. The van der Waals surface area contributed by atoms with Crippen molar-refractivity contribution in [3.8, 4) is 0 Å². The number of hydrogen-bond donors (Lipinski definition) is 2. The Balaban J connectivity index is 1.96. The molecule has 0 unspecified atom stereocenters. The van der Waals surface area contributed by atoms with E-state index < -0.39 is 0 Å². The first-order valence-corrected chi connectivity index (χ1v) is 7.42. The van der Waals surface area contributed by atoms with E-state index in [9.17, 15) is 4.79 Å². The van der Waals surface area contributed by atoms with Gasteiger partial charge in [0, 0.05) is 34.4 Å². The van der Waals surface area contributed by atoms with E-state index in [2.05, 4.69) is 10.6 Å². The number of benzene rings is 2. The van der Waals surface area contributed by atoms with Gasteiger partial charge in [0.25, 0.3) is 0 Å². The van der Waals surface area contributed by atoms with E-state index in [1.165, 1.54) is 0 Å². The molecule has 0 aliphatic rings. The van der Waals surface area contributed by atoms with Gasteiger partial charge in [0.1, 0.15) is 0 Å². The lowest BCUT2D eigenvalue weighted by Gasteiger charge is -2.09. The van der Waals surface area contributed by atoms with Gasteiger partial charge in [0.2, 0.25) is 5.91 Å². The molecule has 2 aromatic rings. The van der Waals surface area contributed by atoms with Gasteiger partial charge in [-0.1, -0.05) is 36.2 Å². The molecule has 0 spiro atoms. The second-order valence-corrected chi connectivity index (χ2v) is 5.41. The Morgan fingerprint density at radius 1 is 1.05 bits per heavy atom. The van der Waals surface area contributed by atoms with Crippen LogP contribution in [0.5, 0.6) is 0 Å². The molecule has 3 nitrogen and oxygen atoms in total. The van der Waals surface area contributed by atoms with Crippen LogP contribution < -0.4 is 10.6 Å². The summed E-state index contributed by atoms with van der Waals surface area (Å²) >= 11 is 12.0. The third kappa shape index (κ3) is 4.66. The van der Waals surface area contributed by atoms with Crippen molar-refractivity contribution in [1.29, 1.82) is 0 Å². The van der Waals surface area contributed by atoms with Gasteiger partial charge in [-0.3, -0.25) is 4.79 Å². The van der Waals surface area contributed by atoms with Crippen LogP contribution in [0.2, 0.25) is 10.0 Å². The van der Waals surface area contributed by atoms with Crippen molar-refractivity contribution in [2.75, 3.05) is 10.6 Å². The summed E-state index contributed by atoms with van der Waals surface area (Å²) < 4.78 is 0. The zero-order valence-corrected chi connectivity index (χ0v) is 13.1. The Morgan fingerprint density at radius 3 is 2.33 bits per heavy atom.